The average molecular weight is 546 g/mol. The monoisotopic (exact) mass is 545 g/mol. The van der Waals surface area contributed by atoms with Gasteiger partial charge < -0.3 is 20.5 Å². The molecule has 2 saturated heterocycles. The van der Waals surface area contributed by atoms with Crippen LogP contribution in [0.4, 0.5) is 10.2 Å². The molecule has 0 aliphatic carbocycles. The Morgan fingerprint density at radius 2 is 1.80 bits per heavy atom. The number of nitrogen functional groups attached to an aromatic ring is 1. The number of fused-ring (bicyclic) bond motifs is 1. The Bertz CT molecular complexity index is 1400. The van der Waals surface area contributed by atoms with E-state index in [2.05, 4.69) is 27.3 Å². The molecule has 9 heteroatoms. The van der Waals surface area contributed by atoms with Gasteiger partial charge in [-0.3, -0.25) is 9.69 Å². The Morgan fingerprint density at radius 1 is 1.05 bits per heavy atom. The summed E-state index contributed by atoms with van der Waals surface area (Å²) in [5.74, 6) is -0.332. The smallest absolute Gasteiger partial charge is 0.251 e. The predicted molar refractivity (Wildman–Crippen MR) is 151 cm³/mol. The van der Waals surface area contributed by atoms with Gasteiger partial charge in [0.25, 0.3) is 5.91 Å². The number of carbonyl (C=O) groups is 1. The first kappa shape index (κ1) is 26.8. The quantitative estimate of drug-likeness (QED) is 0.476. The fourth-order valence-corrected chi connectivity index (χ4v) is 6.24. The highest BCUT2D eigenvalue weighted by Crippen LogP contribution is 2.35. The molecule has 6 rings (SSSR count). The van der Waals surface area contributed by atoms with Crippen molar-refractivity contribution in [3.8, 4) is 22.5 Å². The Morgan fingerprint density at radius 3 is 2.58 bits per heavy atom. The molecule has 2 aromatic carbocycles. The van der Waals surface area contributed by atoms with E-state index in [4.69, 9.17) is 20.2 Å². The number of likely N-dealkylation sites (tertiary alicyclic amines) is 1. The topological polar surface area (TPSA) is 103 Å². The standard InChI is InChI=1S/C31H36FN5O3/c1-39-24-7-12-37(13-8-24)18-23-17-21(2-4-25(23)19-9-14-40-15-10-19)27-29(32)36-30(33)28(35-27)22-3-5-26-20(16-22)6-11-34-31(26)38/h2-5,16-17,19,24H,6-15,18H2,1H3,(H2,33,36)(H,34,38). The number of nitrogens with zero attached hydrogens (tertiary/aromatic N) is 3. The van der Waals surface area contributed by atoms with Crippen molar-refractivity contribution in [3.63, 3.8) is 0 Å². The lowest BCUT2D eigenvalue weighted by atomic mass is 9.86. The summed E-state index contributed by atoms with van der Waals surface area (Å²) in [4.78, 5) is 23.4. The van der Waals surface area contributed by atoms with Gasteiger partial charge in [-0.1, -0.05) is 18.2 Å². The Labute approximate surface area is 234 Å². The number of nitrogens with one attached hydrogen (secondary N) is 1. The molecule has 1 amide bonds. The van der Waals surface area contributed by atoms with Crippen molar-refractivity contribution in [1.29, 1.82) is 0 Å². The van der Waals surface area contributed by atoms with Crippen LogP contribution in [0.3, 0.4) is 0 Å². The number of carbonyl (C=O) groups excluding carboxylic acids is 1. The van der Waals surface area contributed by atoms with Crippen molar-refractivity contribution < 1.29 is 18.7 Å². The van der Waals surface area contributed by atoms with Crippen LogP contribution in [-0.4, -0.2) is 66.8 Å². The highest BCUT2D eigenvalue weighted by molar-refractivity contribution is 5.97. The van der Waals surface area contributed by atoms with Gasteiger partial charge in [0.15, 0.2) is 5.82 Å². The van der Waals surface area contributed by atoms with Crippen molar-refractivity contribution >= 4 is 11.7 Å². The molecule has 2 fully saturated rings. The second-order valence-electron chi connectivity index (χ2n) is 11.0. The number of nitrogens with two attached hydrogens (primary N) is 1. The van der Waals surface area contributed by atoms with Crippen LogP contribution >= 0.6 is 0 Å². The molecule has 0 radical (unpaired) electrons. The number of piperidine rings is 1. The van der Waals surface area contributed by atoms with Crippen LogP contribution in [-0.2, 0) is 22.4 Å². The second-order valence-corrected chi connectivity index (χ2v) is 11.0. The van der Waals surface area contributed by atoms with E-state index in [1.807, 2.05) is 12.1 Å². The van der Waals surface area contributed by atoms with Crippen LogP contribution < -0.4 is 11.1 Å². The van der Waals surface area contributed by atoms with Gasteiger partial charge in [0.2, 0.25) is 5.95 Å². The summed E-state index contributed by atoms with van der Waals surface area (Å²) in [6.07, 6.45) is 5.01. The maximum atomic E-state index is 15.3. The second kappa shape index (κ2) is 11.6. The zero-order valence-corrected chi connectivity index (χ0v) is 22.9. The van der Waals surface area contributed by atoms with E-state index >= 15 is 4.39 Å². The van der Waals surface area contributed by atoms with Crippen molar-refractivity contribution in [2.24, 2.45) is 0 Å². The number of anilines is 1. The molecule has 3 aliphatic rings. The normalized spacial score (nSPS) is 18.9. The van der Waals surface area contributed by atoms with Crippen molar-refractivity contribution in [3.05, 3.63) is 64.6 Å². The Kier molecular flexibility index (Phi) is 7.78. The maximum absolute atomic E-state index is 15.3. The van der Waals surface area contributed by atoms with Crippen molar-refractivity contribution in [1.82, 2.24) is 20.2 Å². The van der Waals surface area contributed by atoms with Crippen molar-refractivity contribution in [2.75, 3.05) is 45.7 Å². The summed E-state index contributed by atoms with van der Waals surface area (Å²) in [7, 11) is 1.78. The molecular weight excluding hydrogens is 509 g/mol. The van der Waals surface area contributed by atoms with Gasteiger partial charge in [0.05, 0.1) is 6.10 Å². The summed E-state index contributed by atoms with van der Waals surface area (Å²) >= 11 is 0. The molecule has 3 N–H and O–H groups in total. The first-order chi connectivity index (χ1) is 19.5. The minimum atomic E-state index is -0.690. The molecule has 0 unspecified atom stereocenters. The summed E-state index contributed by atoms with van der Waals surface area (Å²) in [5.41, 5.74) is 12.2. The van der Waals surface area contributed by atoms with Gasteiger partial charge in [0, 0.05) is 63.2 Å². The Balaban J connectivity index is 1.36. The van der Waals surface area contributed by atoms with Gasteiger partial charge in [0.1, 0.15) is 11.4 Å². The van der Waals surface area contributed by atoms with Crippen molar-refractivity contribution in [2.45, 2.75) is 50.7 Å². The summed E-state index contributed by atoms with van der Waals surface area (Å²) < 4.78 is 26.5. The molecule has 210 valence electrons. The molecule has 40 heavy (non-hydrogen) atoms. The van der Waals surface area contributed by atoms with E-state index in [9.17, 15) is 4.79 Å². The number of amides is 1. The average Bonchev–Trinajstić information content (AvgIpc) is 2.98. The van der Waals surface area contributed by atoms with Gasteiger partial charge >= 0.3 is 0 Å². The van der Waals surface area contributed by atoms with Gasteiger partial charge in [-0.25, -0.2) is 4.98 Å². The number of halogens is 1. The lowest BCUT2D eigenvalue weighted by Crippen LogP contribution is -2.36. The number of benzene rings is 2. The van der Waals surface area contributed by atoms with Crippen LogP contribution in [0.15, 0.2) is 36.4 Å². The summed E-state index contributed by atoms with van der Waals surface area (Å²) in [6.45, 7) is 4.82. The van der Waals surface area contributed by atoms with E-state index in [-0.39, 0.29) is 17.4 Å². The van der Waals surface area contributed by atoms with E-state index < -0.39 is 5.95 Å². The van der Waals surface area contributed by atoms with Crippen LogP contribution in [0.5, 0.6) is 0 Å². The van der Waals surface area contributed by atoms with E-state index in [0.717, 1.165) is 76.1 Å². The van der Waals surface area contributed by atoms with Crippen LogP contribution in [0.25, 0.3) is 22.5 Å². The third-order valence-corrected chi connectivity index (χ3v) is 8.52. The highest BCUT2D eigenvalue weighted by Gasteiger charge is 2.25. The number of aromatic nitrogens is 2. The van der Waals surface area contributed by atoms with E-state index in [0.29, 0.717) is 35.4 Å². The molecule has 0 saturated carbocycles. The molecule has 8 nitrogen and oxygen atoms in total. The molecular formula is C31H36FN5O3. The highest BCUT2D eigenvalue weighted by atomic mass is 19.1. The first-order valence-electron chi connectivity index (χ1n) is 14.2. The van der Waals surface area contributed by atoms with Gasteiger partial charge in [-0.15, -0.1) is 0 Å². The number of hydrogen-bond acceptors (Lipinski definition) is 7. The molecule has 1 aromatic heterocycles. The molecule has 3 aliphatic heterocycles. The molecule has 0 atom stereocenters. The van der Waals surface area contributed by atoms with E-state index in [1.54, 1.807) is 19.2 Å². The van der Waals surface area contributed by atoms with E-state index in [1.165, 1.54) is 11.1 Å². The maximum Gasteiger partial charge on any atom is 0.251 e. The van der Waals surface area contributed by atoms with Gasteiger partial charge in [-0.2, -0.15) is 9.37 Å². The van der Waals surface area contributed by atoms with Gasteiger partial charge in [-0.05, 0) is 72.9 Å². The lowest BCUT2D eigenvalue weighted by Gasteiger charge is -2.33. The zero-order valence-electron chi connectivity index (χ0n) is 22.9. The van der Waals surface area contributed by atoms with Crippen LogP contribution in [0, 0.1) is 5.95 Å². The first-order valence-corrected chi connectivity index (χ1v) is 14.2. The summed E-state index contributed by atoms with van der Waals surface area (Å²) in [6, 6.07) is 11.7. The fourth-order valence-electron chi connectivity index (χ4n) is 6.24. The summed E-state index contributed by atoms with van der Waals surface area (Å²) in [5, 5.41) is 2.86. The SMILES string of the molecule is COC1CCN(Cc2cc(-c3nc(-c4ccc5c(c4)CCNC5=O)c(N)nc3F)ccc2C2CCOCC2)CC1. The largest absolute Gasteiger partial charge is 0.382 e. The number of hydrogen-bond donors (Lipinski definition) is 2. The predicted octanol–water partition coefficient (Wildman–Crippen LogP) is 4.32. The number of rotatable bonds is 6. The Hall–Kier alpha value is -3.40. The number of methoxy groups -OCH3 is 1. The minimum Gasteiger partial charge on any atom is -0.382 e. The molecule has 4 heterocycles. The lowest BCUT2D eigenvalue weighted by molar-refractivity contribution is 0.0386. The third kappa shape index (κ3) is 5.46. The number of ether oxygens (including phenoxy) is 2. The fraction of sp³-hybridized carbons (Fsp3) is 0.452. The third-order valence-electron chi connectivity index (χ3n) is 8.52. The van der Waals surface area contributed by atoms with Crippen LogP contribution in [0.2, 0.25) is 0 Å². The minimum absolute atomic E-state index is 0.0292. The molecule has 0 spiro atoms. The van der Waals surface area contributed by atoms with Crippen LogP contribution in [0.1, 0.15) is 58.6 Å². The molecule has 0 bridgehead atoms. The molecule has 3 aromatic rings. The zero-order chi connectivity index (χ0) is 27.6.